The van der Waals surface area contributed by atoms with E-state index in [0.29, 0.717) is 0 Å². The smallest absolute Gasteiger partial charge is 0.123 e. The molecule has 1 aliphatic rings. The molecule has 122 valence electrons. The molecule has 23 heavy (non-hydrogen) atoms. The summed E-state index contributed by atoms with van der Waals surface area (Å²) in [6, 6.07) is 15.0. The zero-order valence-corrected chi connectivity index (χ0v) is 14.0. The molecular formula is C19H22ClFN2. The third kappa shape index (κ3) is 5.03. The van der Waals surface area contributed by atoms with Crippen molar-refractivity contribution in [3.8, 4) is 0 Å². The lowest BCUT2D eigenvalue weighted by molar-refractivity contribution is 0.128. The fraction of sp³-hybridized carbons (Fsp3) is 0.368. The molecular weight excluding hydrogens is 311 g/mol. The normalized spacial score (nSPS) is 16.6. The first-order valence-corrected chi connectivity index (χ1v) is 8.50. The fourth-order valence-electron chi connectivity index (χ4n) is 3.04. The highest BCUT2D eigenvalue weighted by Gasteiger charge is 2.16. The lowest BCUT2D eigenvalue weighted by atomic mass is 10.1. The van der Waals surface area contributed by atoms with Gasteiger partial charge in [0.1, 0.15) is 5.82 Å². The van der Waals surface area contributed by atoms with E-state index < -0.39 is 0 Å². The second kappa shape index (κ2) is 7.91. The zero-order valence-electron chi connectivity index (χ0n) is 13.2. The monoisotopic (exact) mass is 332 g/mol. The van der Waals surface area contributed by atoms with Crippen LogP contribution in [0.15, 0.2) is 48.5 Å². The van der Waals surface area contributed by atoms with Gasteiger partial charge >= 0.3 is 0 Å². The summed E-state index contributed by atoms with van der Waals surface area (Å²) in [7, 11) is 0. The quantitative estimate of drug-likeness (QED) is 0.821. The van der Waals surface area contributed by atoms with Gasteiger partial charge in [0, 0.05) is 44.3 Å². The first-order chi connectivity index (χ1) is 11.2. The number of halogens is 2. The summed E-state index contributed by atoms with van der Waals surface area (Å²) in [5.41, 5.74) is 2.34. The molecule has 2 nitrogen and oxygen atoms in total. The van der Waals surface area contributed by atoms with Crippen LogP contribution in [-0.4, -0.2) is 42.5 Å². The molecule has 2 aromatic carbocycles. The standard InChI is InChI=1S/C19H22ClFN2/c20-18-5-1-4-17(13-18)15-23-11-9-22(10-12-23)8-7-16-3-2-6-19(21)14-16/h1-6,13-14H,7-12,15H2. The van der Waals surface area contributed by atoms with Crippen molar-refractivity contribution in [3.63, 3.8) is 0 Å². The summed E-state index contributed by atoms with van der Waals surface area (Å²) >= 11 is 6.04. The first-order valence-electron chi connectivity index (χ1n) is 8.13. The van der Waals surface area contributed by atoms with E-state index in [4.69, 9.17) is 11.6 Å². The van der Waals surface area contributed by atoms with Crippen molar-refractivity contribution in [3.05, 3.63) is 70.5 Å². The summed E-state index contributed by atoms with van der Waals surface area (Å²) in [4.78, 5) is 4.92. The van der Waals surface area contributed by atoms with Gasteiger partial charge in [-0.05, 0) is 41.8 Å². The van der Waals surface area contributed by atoms with E-state index in [0.717, 1.165) is 56.3 Å². The van der Waals surface area contributed by atoms with Crippen molar-refractivity contribution in [1.82, 2.24) is 9.80 Å². The maximum absolute atomic E-state index is 13.2. The number of piperazine rings is 1. The third-order valence-corrected chi connectivity index (χ3v) is 4.60. The Morgan fingerprint density at radius 1 is 0.870 bits per heavy atom. The van der Waals surface area contributed by atoms with Crippen LogP contribution >= 0.6 is 11.6 Å². The molecule has 0 aliphatic carbocycles. The van der Waals surface area contributed by atoms with Gasteiger partial charge in [0.25, 0.3) is 0 Å². The van der Waals surface area contributed by atoms with Gasteiger partial charge in [-0.3, -0.25) is 4.90 Å². The second-order valence-corrected chi connectivity index (χ2v) is 6.56. The van der Waals surface area contributed by atoms with Crippen LogP contribution in [0, 0.1) is 5.82 Å². The molecule has 0 atom stereocenters. The van der Waals surface area contributed by atoms with Crippen LogP contribution < -0.4 is 0 Å². The summed E-state index contributed by atoms with van der Waals surface area (Å²) in [6.07, 6.45) is 0.909. The zero-order chi connectivity index (χ0) is 16.1. The Labute approximate surface area is 142 Å². The summed E-state index contributed by atoms with van der Waals surface area (Å²) in [5, 5.41) is 0.802. The number of benzene rings is 2. The van der Waals surface area contributed by atoms with Crippen LogP contribution in [0.1, 0.15) is 11.1 Å². The van der Waals surface area contributed by atoms with Crippen LogP contribution in [0.3, 0.4) is 0 Å². The highest BCUT2D eigenvalue weighted by molar-refractivity contribution is 6.30. The van der Waals surface area contributed by atoms with E-state index in [1.807, 2.05) is 24.3 Å². The lowest BCUT2D eigenvalue weighted by Gasteiger charge is -2.34. The SMILES string of the molecule is Fc1cccc(CCN2CCN(Cc3cccc(Cl)c3)CC2)c1. The molecule has 0 radical (unpaired) electrons. The molecule has 0 aromatic heterocycles. The highest BCUT2D eigenvalue weighted by atomic mass is 35.5. The van der Waals surface area contributed by atoms with E-state index in [2.05, 4.69) is 15.9 Å². The third-order valence-electron chi connectivity index (χ3n) is 4.37. The number of hydrogen-bond donors (Lipinski definition) is 0. The van der Waals surface area contributed by atoms with Crippen LogP contribution in [-0.2, 0) is 13.0 Å². The van der Waals surface area contributed by atoms with E-state index in [-0.39, 0.29) is 5.82 Å². The van der Waals surface area contributed by atoms with Crippen molar-refractivity contribution >= 4 is 11.6 Å². The predicted molar refractivity (Wildman–Crippen MR) is 93.3 cm³/mol. The van der Waals surface area contributed by atoms with Crippen molar-refractivity contribution in [2.75, 3.05) is 32.7 Å². The largest absolute Gasteiger partial charge is 0.300 e. The number of nitrogens with zero attached hydrogens (tertiary/aromatic N) is 2. The molecule has 1 saturated heterocycles. The van der Waals surface area contributed by atoms with Crippen molar-refractivity contribution in [1.29, 1.82) is 0 Å². The molecule has 1 heterocycles. The van der Waals surface area contributed by atoms with Gasteiger partial charge in [-0.15, -0.1) is 0 Å². The Balaban J connectivity index is 1.43. The van der Waals surface area contributed by atoms with Gasteiger partial charge in [0.15, 0.2) is 0 Å². The molecule has 0 saturated carbocycles. The minimum Gasteiger partial charge on any atom is -0.300 e. The van der Waals surface area contributed by atoms with Crippen molar-refractivity contribution < 1.29 is 4.39 Å². The average Bonchev–Trinajstić information content (AvgIpc) is 2.54. The Morgan fingerprint density at radius 3 is 2.30 bits per heavy atom. The molecule has 4 heteroatoms. The fourth-order valence-corrected chi connectivity index (χ4v) is 3.26. The van der Waals surface area contributed by atoms with Gasteiger partial charge in [-0.25, -0.2) is 4.39 Å². The van der Waals surface area contributed by atoms with Crippen LogP contribution in [0.25, 0.3) is 0 Å². The Morgan fingerprint density at radius 2 is 1.57 bits per heavy atom. The van der Waals surface area contributed by atoms with Crippen molar-refractivity contribution in [2.45, 2.75) is 13.0 Å². The summed E-state index contributed by atoms with van der Waals surface area (Å²) in [5.74, 6) is -0.145. The average molecular weight is 333 g/mol. The minimum atomic E-state index is -0.145. The molecule has 3 rings (SSSR count). The van der Waals surface area contributed by atoms with E-state index in [9.17, 15) is 4.39 Å². The Bertz CT molecular complexity index is 639. The summed E-state index contributed by atoms with van der Waals surface area (Å²) in [6.45, 7) is 6.21. The van der Waals surface area contributed by atoms with Gasteiger partial charge < -0.3 is 4.90 Å². The minimum absolute atomic E-state index is 0.145. The van der Waals surface area contributed by atoms with Gasteiger partial charge in [-0.2, -0.15) is 0 Å². The van der Waals surface area contributed by atoms with Crippen LogP contribution in [0.4, 0.5) is 4.39 Å². The van der Waals surface area contributed by atoms with Crippen LogP contribution in [0.5, 0.6) is 0 Å². The maximum Gasteiger partial charge on any atom is 0.123 e. The summed E-state index contributed by atoms with van der Waals surface area (Å²) < 4.78 is 13.2. The predicted octanol–water partition coefficient (Wildman–Crippen LogP) is 3.84. The van der Waals surface area contributed by atoms with E-state index in [1.54, 1.807) is 12.1 Å². The van der Waals surface area contributed by atoms with E-state index >= 15 is 0 Å². The van der Waals surface area contributed by atoms with Gasteiger partial charge in [0.2, 0.25) is 0 Å². The molecule has 0 unspecified atom stereocenters. The Kier molecular flexibility index (Phi) is 5.65. The number of rotatable bonds is 5. The molecule has 2 aromatic rings. The molecule has 0 amide bonds. The molecule has 0 bridgehead atoms. The maximum atomic E-state index is 13.2. The highest BCUT2D eigenvalue weighted by Crippen LogP contribution is 2.14. The number of hydrogen-bond acceptors (Lipinski definition) is 2. The van der Waals surface area contributed by atoms with Crippen LogP contribution in [0.2, 0.25) is 5.02 Å². The molecule has 0 N–H and O–H groups in total. The van der Waals surface area contributed by atoms with Crippen molar-refractivity contribution in [2.24, 2.45) is 0 Å². The molecule has 1 aliphatic heterocycles. The van der Waals surface area contributed by atoms with E-state index in [1.165, 1.54) is 11.6 Å². The molecule has 0 spiro atoms. The molecule has 1 fully saturated rings. The topological polar surface area (TPSA) is 6.48 Å². The van der Waals surface area contributed by atoms with Gasteiger partial charge in [0.05, 0.1) is 0 Å². The Hall–Kier alpha value is -1.42. The van der Waals surface area contributed by atoms with Gasteiger partial charge in [-0.1, -0.05) is 35.9 Å². The second-order valence-electron chi connectivity index (χ2n) is 6.13. The first kappa shape index (κ1) is 16.4. The lowest BCUT2D eigenvalue weighted by Crippen LogP contribution is -2.46.